The van der Waals surface area contributed by atoms with Crippen LogP contribution in [0.3, 0.4) is 0 Å². The molecule has 10 atom stereocenters. The van der Waals surface area contributed by atoms with Crippen molar-refractivity contribution < 1.29 is 18.6 Å². The van der Waals surface area contributed by atoms with Crippen LogP contribution in [0.25, 0.3) is 0 Å². The number of carbonyl (C=O) groups is 1. The second-order valence-corrected chi connectivity index (χ2v) is 24.5. The molecule has 0 bridgehead atoms. The Balaban J connectivity index is 0.963. The molecule has 0 amide bonds. The molecule has 3 N–H and O–H groups in total. The molecule has 0 radical (unpaired) electrons. The van der Waals surface area contributed by atoms with Crippen molar-refractivity contribution in [2.75, 3.05) is 32.4 Å². The number of nitrogens with one attached hydrogen (secondary N) is 1. The van der Waals surface area contributed by atoms with Crippen molar-refractivity contribution in [3.05, 3.63) is 71.3 Å². The number of likely N-dealkylation sites (tertiary alicyclic amines) is 1. The van der Waals surface area contributed by atoms with Gasteiger partial charge in [0.2, 0.25) is 0 Å². The first-order valence-corrected chi connectivity index (χ1v) is 25.4. The minimum absolute atomic E-state index is 0.0410. The quantitative estimate of drug-likeness (QED) is 0.161. The van der Waals surface area contributed by atoms with Gasteiger partial charge in [-0.15, -0.1) is 0 Å². The van der Waals surface area contributed by atoms with Gasteiger partial charge in [-0.1, -0.05) is 89.3 Å². The Bertz CT molecular complexity index is 1760. The number of ether oxygens (including phenoxy) is 1. The summed E-state index contributed by atoms with van der Waals surface area (Å²) >= 11 is 0. The van der Waals surface area contributed by atoms with Crippen LogP contribution in [0.1, 0.15) is 137 Å². The number of carbonyl (C=O) groups excluding carboxylic acids is 1. The van der Waals surface area contributed by atoms with Gasteiger partial charge in [0.1, 0.15) is 6.61 Å². The summed E-state index contributed by atoms with van der Waals surface area (Å²) in [5, 5.41) is 4.37. The Labute approximate surface area is 353 Å². The minimum Gasteiger partial charge on any atom is -0.461 e. The lowest BCUT2D eigenvalue weighted by atomic mass is 9.33. The lowest BCUT2D eigenvalue weighted by Crippen LogP contribution is -2.68. The Morgan fingerprint density at radius 3 is 2.31 bits per heavy atom. The molecule has 5 fully saturated rings. The Kier molecular flexibility index (Phi) is 11.6. The third kappa shape index (κ3) is 7.25. The fraction of sp³-hybridized carbons (Fsp3) is 0.745. The normalized spacial score (nSPS) is 40.6. The maximum absolute atomic E-state index is 13.1. The van der Waals surface area contributed by atoms with Crippen LogP contribution >= 0.6 is 10.6 Å². The van der Waals surface area contributed by atoms with Crippen LogP contribution in [0, 0.1) is 57.2 Å². The van der Waals surface area contributed by atoms with E-state index in [0.717, 1.165) is 69.8 Å². The number of fused-ring (bicyclic) bond motifs is 7. The summed E-state index contributed by atoms with van der Waals surface area (Å²) in [6.07, 6.45) is 22.8. The van der Waals surface area contributed by atoms with E-state index < -0.39 is 10.6 Å². The van der Waals surface area contributed by atoms with Gasteiger partial charge < -0.3 is 15.0 Å². The summed E-state index contributed by atoms with van der Waals surface area (Å²) < 4.78 is 26.3. The number of hydrogen-bond donors (Lipinski definition) is 3. The highest BCUT2D eigenvalue weighted by atomic mass is 32.3. The van der Waals surface area contributed by atoms with E-state index in [1.54, 1.807) is 11.8 Å². The molecule has 0 aromatic heterocycles. The molecule has 6 nitrogen and oxygen atoms in total. The Hall–Kier alpha value is -1.90. The standard InChI is InChI=1S/C51H78N2O4S/c1-35(2)40-20-27-51(52-30-33-53-31-23-39(24-32-53)58(8,55)56)29-28-49(6)42(45(40)51)18-19-44-48(5)25-21-41(47(3,4)43(48)22-26-50(44,49)7)37-14-16-38(17-15-37)46(54)57-34-36-12-10-9-11-13-36/h9-14,21,38-40,42-45,52,55-56H,1,15-20,22-34H2,2-8H3/t38-,40-,42+,43-,44+,45+,48-,49+,50+,51-/m0/s1. The number of rotatable bonds is 10. The molecule has 1 aromatic carbocycles. The summed E-state index contributed by atoms with van der Waals surface area (Å²) in [5.74, 6) is 3.25. The van der Waals surface area contributed by atoms with Crippen LogP contribution in [-0.4, -0.2) is 63.2 Å². The predicted molar refractivity (Wildman–Crippen MR) is 241 cm³/mol. The van der Waals surface area contributed by atoms with Crippen molar-refractivity contribution in [2.45, 2.75) is 149 Å². The smallest absolute Gasteiger partial charge is 0.309 e. The summed E-state index contributed by atoms with van der Waals surface area (Å²) in [5.41, 5.74) is 6.73. The zero-order valence-electron chi connectivity index (χ0n) is 37.3. The summed E-state index contributed by atoms with van der Waals surface area (Å²) in [6.45, 7) is 24.7. The van der Waals surface area contributed by atoms with Gasteiger partial charge in [-0.25, -0.2) is 0 Å². The average Bonchev–Trinajstić information content (AvgIpc) is 3.57. The lowest BCUT2D eigenvalue weighted by molar-refractivity contribution is -0.221. The molecule has 6 aliphatic carbocycles. The summed E-state index contributed by atoms with van der Waals surface area (Å²) in [4.78, 5) is 15.6. The Morgan fingerprint density at radius 2 is 1.64 bits per heavy atom. The molecule has 1 aliphatic heterocycles. The van der Waals surface area contributed by atoms with Gasteiger partial charge >= 0.3 is 5.97 Å². The topological polar surface area (TPSA) is 82.0 Å². The molecule has 4 saturated carbocycles. The fourth-order valence-electron chi connectivity index (χ4n) is 15.8. The molecular weight excluding hydrogens is 737 g/mol. The number of nitrogens with zero attached hydrogens (tertiary/aromatic N) is 1. The van der Waals surface area contributed by atoms with E-state index in [1.807, 2.05) is 30.3 Å². The van der Waals surface area contributed by atoms with Crippen LogP contribution < -0.4 is 5.32 Å². The van der Waals surface area contributed by atoms with Crippen molar-refractivity contribution in [3.8, 4) is 0 Å². The fourth-order valence-corrected chi connectivity index (χ4v) is 16.9. The third-order valence-corrected chi connectivity index (χ3v) is 20.8. The first-order valence-electron chi connectivity index (χ1n) is 23.4. The molecule has 322 valence electrons. The second-order valence-electron chi connectivity index (χ2n) is 22.0. The highest BCUT2D eigenvalue weighted by molar-refractivity contribution is 8.24. The SMILES string of the molecule is C=C(C)[C@@H]1CC[C@]2(NCCN3CCC(S(C)(O)O)CC3)CC[C@]3(C)[C@H](CC[C@@H]4[C@@]5(C)CC=C(C6=CC[C@H](C(=O)OCc7ccccc7)CC6)C(C)(C)[C@@H]5CC[C@]43C)[C@@H]12. The van der Waals surface area contributed by atoms with Gasteiger partial charge in [-0.2, -0.15) is 10.6 Å². The number of benzene rings is 1. The van der Waals surface area contributed by atoms with Crippen LogP contribution in [-0.2, 0) is 16.1 Å². The van der Waals surface area contributed by atoms with E-state index >= 15 is 0 Å². The largest absolute Gasteiger partial charge is 0.461 e. The molecule has 1 aromatic rings. The minimum atomic E-state index is -2.45. The molecule has 58 heavy (non-hydrogen) atoms. The van der Waals surface area contributed by atoms with E-state index in [9.17, 15) is 13.9 Å². The molecular formula is C51H78N2O4S. The van der Waals surface area contributed by atoms with Crippen molar-refractivity contribution in [1.82, 2.24) is 10.2 Å². The number of allylic oxidation sites excluding steroid dienone is 5. The Morgan fingerprint density at radius 1 is 0.897 bits per heavy atom. The molecule has 7 heteroatoms. The van der Waals surface area contributed by atoms with E-state index in [0.29, 0.717) is 41.1 Å². The van der Waals surface area contributed by atoms with E-state index in [2.05, 4.69) is 70.5 Å². The summed E-state index contributed by atoms with van der Waals surface area (Å²) in [6, 6.07) is 10.0. The third-order valence-electron chi connectivity index (χ3n) is 19.0. The van der Waals surface area contributed by atoms with Crippen LogP contribution in [0.4, 0.5) is 0 Å². The molecule has 0 spiro atoms. The zero-order chi connectivity index (χ0) is 41.3. The van der Waals surface area contributed by atoms with Gasteiger partial charge in [0.25, 0.3) is 0 Å². The molecule has 7 aliphatic rings. The molecule has 0 unspecified atom stereocenters. The lowest BCUT2D eigenvalue weighted by Gasteiger charge is -2.72. The highest BCUT2D eigenvalue weighted by Gasteiger charge is 2.70. The molecule has 1 saturated heterocycles. The maximum Gasteiger partial charge on any atom is 0.309 e. The van der Waals surface area contributed by atoms with Gasteiger partial charge in [0, 0.05) is 24.9 Å². The predicted octanol–water partition coefficient (Wildman–Crippen LogP) is 11.8. The number of piperidine rings is 1. The van der Waals surface area contributed by atoms with E-state index in [1.165, 1.54) is 68.9 Å². The van der Waals surface area contributed by atoms with E-state index in [-0.39, 0.29) is 33.5 Å². The first-order chi connectivity index (χ1) is 27.4. The van der Waals surface area contributed by atoms with Crippen molar-refractivity contribution in [2.24, 2.45) is 57.2 Å². The second kappa shape index (κ2) is 15.8. The zero-order valence-corrected chi connectivity index (χ0v) is 38.1. The first kappa shape index (κ1) is 42.8. The average molecular weight is 815 g/mol. The number of hydrogen-bond acceptors (Lipinski definition) is 6. The van der Waals surface area contributed by atoms with Gasteiger partial charge in [-0.3, -0.25) is 13.9 Å². The van der Waals surface area contributed by atoms with Gasteiger partial charge in [-0.05, 0) is 178 Å². The molecule has 8 rings (SSSR count). The van der Waals surface area contributed by atoms with Crippen LogP contribution in [0.15, 0.2) is 65.8 Å². The monoisotopic (exact) mass is 815 g/mol. The number of esters is 1. The summed E-state index contributed by atoms with van der Waals surface area (Å²) in [7, 11) is -2.45. The van der Waals surface area contributed by atoms with Crippen LogP contribution in [0.5, 0.6) is 0 Å². The van der Waals surface area contributed by atoms with Crippen molar-refractivity contribution >= 4 is 16.6 Å². The van der Waals surface area contributed by atoms with Crippen molar-refractivity contribution in [3.63, 3.8) is 0 Å². The highest BCUT2D eigenvalue weighted by Crippen LogP contribution is 2.76. The molecule has 1 heterocycles. The van der Waals surface area contributed by atoms with Gasteiger partial charge in [0.05, 0.1) is 11.2 Å². The van der Waals surface area contributed by atoms with Crippen molar-refractivity contribution in [1.29, 1.82) is 0 Å². The van der Waals surface area contributed by atoms with E-state index in [4.69, 9.17) is 4.74 Å². The van der Waals surface area contributed by atoms with Crippen LogP contribution in [0.2, 0.25) is 0 Å². The maximum atomic E-state index is 13.1. The van der Waals surface area contributed by atoms with Gasteiger partial charge in [0.15, 0.2) is 0 Å².